The maximum Gasteiger partial charge on any atom is 0.157 e. The number of aliphatic hydroxyl groups is 1. The topological polar surface area (TPSA) is 63.0 Å². The molecule has 3 heterocycles. The predicted molar refractivity (Wildman–Crippen MR) is 98.4 cm³/mol. The molecule has 140 valence electrons. The van der Waals surface area contributed by atoms with Gasteiger partial charge in [0.05, 0.1) is 25.6 Å². The SMILES string of the molecule is Cn1cc(O[C@@H]2CN(Cc3ccccc3N3CCOCC3)C[C@H]2O)cn1. The molecular weight excluding hydrogens is 332 g/mol. The number of aryl methyl sites for hydroxylation is 1. The number of hydrogen-bond acceptors (Lipinski definition) is 6. The molecule has 7 nitrogen and oxygen atoms in total. The van der Waals surface area contributed by atoms with E-state index in [0.29, 0.717) is 18.8 Å². The lowest BCUT2D eigenvalue weighted by Crippen LogP contribution is -2.37. The third kappa shape index (κ3) is 3.85. The number of ether oxygens (including phenoxy) is 2. The van der Waals surface area contributed by atoms with E-state index < -0.39 is 6.10 Å². The minimum absolute atomic E-state index is 0.227. The van der Waals surface area contributed by atoms with Crippen molar-refractivity contribution in [3.8, 4) is 5.75 Å². The second-order valence-electron chi connectivity index (χ2n) is 7.00. The highest BCUT2D eigenvalue weighted by Gasteiger charge is 2.33. The number of β-amino-alcohol motifs (C(OH)–C–C–N with tert-alkyl or cyclic N) is 1. The Morgan fingerprint density at radius 3 is 2.81 bits per heavy atom. The summed E-state index contributed by atoms with van der Waals surface area (Å²) in [6.45, 7) is 5.52. The van der Waals surface area contributed by atoms with E-state index in [4.69, 9.17) is 9.47 Å². The normalized spacial score (nSPS) is 24.2. The van der Waals surface area contributed by atoms with Crippen LogP contribution in [0.2, 0.25) is 0 Å². The Balaban J connectivity index is 1.41. The van der Waals surface area contributed by atoms with E-state index in [1.807, 2.05) is 13.2 Å². The Morgan fingerprint density at radius 1 is 1.23 bits per heavy atom. The van der Waals surface area contributed by atoms with Gasteiger partial charge in [-0.05, 0) is 11.6 Å². The highest BCUT2D eigenvalue weighted by atomic mass is 16.5. The molecule has 1 N–H and O–H groups in total. The summed E-state index contributed by atoms with van der Waals surface area (Å²) in [4.78, 5) is 4.64. The summed E-state index contributed by atoms with van der Waals surface area (Å²) in [5.74, 6) is 0.701. The summed E-state index contributed by atoms with van der Waals surface area (Å²) in [5.41, 5.74) is 2.55. The molecule has 1 aromatic carbocycles. The average molecular weight is 358 g/mol. The van der Waals surface area contributed by atoms with Gasteiger partial charge < -0.3 is 19.5 Å². The molecule has 0 saturated carbocycles. The summed E-state index contributed by atoms with van der Waals surface area (Å²) in [7, 11) is 1.85. The van der Waals surface area contributed by atoms with Gasteiger partial charge in [0.2, 0.25) is 0 Å². The number of aromatic nitrogens is 2. The number of likely N-dealkylation sites (tertiary alicyclic amines) is 1. The Bertz CT molecular complexity index is 729. The van der Waals surface area contributed by atoms with Gasteiger partial charge >= 0.3 is 0 Å². The Morgan fingerprint density at radius 2 is 2.04 bits per heavy atom. The van der Waals surface area contributed by atoms with E-state index in [-0.39, 0.29) is 6.10 Å². The van der Waals surface area contributed by atoms with Crippen LogP contribution in [0.15, 0.2) is 36.7 Å². The first-order valence-corrected chi connectivity index (χ1v) is 9.15. The summed E-state index contributed by atoms with van der Waals surface area (Å²) < 4.78 is 13.1. The van der Waals surface area contributed by atoms with E-state index in [2.05, 4.69) is 39.2 Å². The largest absolute Gasteiger partial charge is 0.483 e. The molecule has 2 atom stereocenters. The van der Waals surface area contributed by atoms with Crippen molar-refractivity contribution in [1.29, 1.82) is 0 Å². The molecule has 2 aromatic rings. The van der Waals surface area contributed by atoms with Crippen LogP contribution >= 0.6 is 0 Å². The van der Waals surface area contributed by atoms with Crippen molar-refractivity contribution in [2.24, 2.45) is 7.05 Å². The lowest BCUT2D eigenvalue weighted by Gasteiger charge is -2.31. The lowest BCUT2D eigenvalue weighted by molar-refractivity contribution is 0.0736. The molecular formula is C19H26N4O3. The van der Waals surface area contributed by atoms with Crippen LogP contribution in [0, 0.1) is 0 Å². The number of rotatable bonds is 5. The molecule has 2 aliphatic heterocycles. The van der Waals surface area contributed by atoms with Crippen molar-refractivity contribution in [2.75, 3.05) is 44.3 Å². The first kappa shape index (κ1) is 17.3. The molecule has 1 aromatic heterocycles. The van der Waals surface area contributed by atoms with Gasteiger partial charge in [-0.3, -0.25) is 9.58 Å². The zero-order chi connectivity index (χ0) is 17.9. The maximum atomic E-state index is 10.4. The van der Waals surface area contributed by atoms with Crippen LogP contribution in [0.5, 0.6) is 5.75 Å². The lowest BCUT2D eigenvalue weighted by atomic mass is 10.1. The molecule has 7 heteroatoms. The van der Waals surface area contributed by atoms with Crippen molar-refractivity contribution < 1.29 is 14.6 Å². The minimum atomic E-state index is -0.495. The van der Waals surface area contributed by atoms with Crippen LogP contribution in [0.1, 0.15) is 5.56 Å². The fraction of sp³-hybridized carbons (Fsp3) is 0.526. The quantitative estimate of drug-likeness (QED) is 0.856. The van der Waals surface area contributed by atoms with E-state index >= 15 is 0 Å². The van der Waals surface area contributed by atoms with Gasteiger partial charge in [0.25, 0.3) is 0 Å². The fourth-order valence-electron chi connectivity index (χ4n) is 3.71. The molecule has 4 rings (SSSR count). The van der Waals surface area contributed by atoms with E-state index in [9.17, 15) is 5.11 Å². The summed E-state index contributed by atoms with van der Waals surface area (Å²) in [6, 6.07) is 8.51. The number of hydrogen-bond donors (Lipinski definition) is 1. The zero-order valence-corrected chi connectivity index (χ0v) is 15.1. The van der Waals surface area contributed by atoms with Crippen LogP contribution in [-0.2, 0) is 18.3 Å². The smallest absolute Gasteiger partial charge is 0.157 e. The molecule has 26 heavy (non-hydrogen) atoms. The van der Waals surface area contributed by atoms with Gasteiger partial charge in [0, 0.05) is 45.5 Å². The van der Waals surface area contributed by atoms with Gasteiger partial charge in [-0.15, -0.1) is 0 Å². The van der Waals surface area contributed by atoms with Crippen LogP contribution in [0.3, 0.4) is 0 Å². The number of para-hydroxylation sites is 1. The highest BCUT2D eigenvalue weighted by molar-refractivity contribution is 5.54. The van der Waals surface area contributed by atoms with Gasteiger partial charge in [0.1, 0.15) is 12.2 Å². The number of benzene rings is 1. The fourth-order valence-corrected chi connectivity index (χ4v) is 3.71. The average Bonchev–Trinajstić information content (AvgIpc) is 3.22. The molecule has 0 radical (unpaired) electrons. The van der Waals surface area contributed by atoms with Gasteiger partial charge in [-0.2, -0.15) is 5.10 Å². The molecule has 2 saturated heterocycles. The molecule has 2 fully saturated rings. The molecule has 0 unspecified atom stereocenters. The first-order valence-electron chi connectivity index (χ1n) is 9.15. The number of anilines is 1. The third-order valence-corrected chi connectivity index (χ3v) is 5.02. The second kappa shape index (κ2) is 7.65. The minimum Gasteiger partial charge on any atom is -0.483 e. The van der Waals surface area contributed by atoms with Gasteiger partial charge in [-0.1, -0.05) is 18.2 Å². The van der Waals surface area contributed by atoms with Crippen molar-refractivity contribution in [2.45, 2.75) is 18.8 Å². The monoisotopic (exact) mass is 358 g/mol. The molecule has 0 aliphatic carbocycles. The van der Waals surface area contributed by atoms with Crippen molar-refractivity contribution in [3.05, 3.63) is 42.2 Å². The summed E-state index contributed by atoms with van der Waals surface area (Å²) in [5, 5.41) is 14.5. The van der Waals surface area contributed by atoms with E-state index in [0.717, 1.165) is 32.8 Å². The number of aliphatic hydroxyl groups excluding tert-OH is 1. The molecule has 0 bridgehead atoms. The van der Waals surface area contributed by atoms with Crippen LogP contribution < -0.4 is 9.64 Å². The summed E-state index contributed by atoms with van der Waals surface area (Å²) >= 11 is 0. The zero-order valence-electron chi connectivity index (χ0n) is 15.1. The van der Waals surface area contributed by atoms with Crippen LogP contribution in [-0.4, -0.2) is 71.4 Å². The van der Waals surface area contributed by atoms with Crippen molar-refractivity contribution in [1.82, 2.24) is 14.7 Å². The Kier molecular flexibility index (Phi) is 5.10. The molecule has 2 aliphatic rings. The molecule has 0 amide bonds. The van der Waals surface area contributed by atoms with Crippen LogP contribution in [0.25, 0.3) is 0 Å². The molecule has 0 spiro atoms. The van der Waals surface area contributed by atoms with Crippen LogP contribution in [0.4, 0.5) is 5.69 Å². The Hall–Kier alpha value is -2.09. The predicted octanol–water partition coefficient (Wildman–Crippen LogP) is 0.881. The maximum absolute atomic E-state index is 10.4. The van der Waals surface area contributed by atoms with Gasteiger partial charge in [0.15, 0.2) is 5.75 Å². The summed E-state index contributed by atoms with van der Waals surface area (Å²) in [6.07, 6.45) is 2.78. The highest BCUT2D eigenvalue weighted by Crippen LogP contribution is 2.25. The van der Waals surface area contributed by atoms with Crippen molar-refractivity contribution in [3.63, 3.8) is 0 Å². The number of nitrogens with zero attached hydrogens (tertiary/aromatic N) is 4. The van der Waals surface area contributed by atoms with Crippen molar-refractivity contribution >= 4 is 5.69 Å². The first-order chi connectivity index (χ1) is 12.7. The third-order valence-electron chi connectivity index (χ3n) is 5.02. The van der Waals surface area contributed by atoms with E-state index in [1.54, 1.807) is 10.9 Å². The van der Waals surface area contributed by atoms with E-state index in [1.165, 1.54) is 11.3 Å². The second-order valence-corrected chi connectivity index (χ2v) is 7.00. The standard InChI is InChI=1S/C19H26N4O3/c1-21-12-16(10-20-21)26-19-14-22(13-18(19)24)11-15-4-2-3-5-17(15)23-6-8-25-9-7-23/h2-5,10,12,18-19,24H,6-9,11,13-14H2,1H3/t18-,19-/m1/s1. The Labute approximate surface area is 153 Å². The number of morpholine rings is 1. The van der Waals surface area contributed by atoms with Gasteiger partial charge in [-0.25, -0.2) is 0 Å².